The van der Waals surface area contributed by atoms with E-state index in [0.29, 0.717) is 5.69 Å². The van der Waals surface area contributed by atoms with Crippen molar-refractivity contribution in [3.05, 3.63) is 30.5 Å². The van der Waals surface area contributed by atoms with E-state index in [4.69, 9.17) is 5.73 Å². The van der Waals surface area contributed by atoms with Crippen LogP contribution in [0.1, 0.15) is 0 Å². The fourth-order valence-electron chi connectivity index (χ4n) is 1.46. The van der Waals surface area contributed by atoms with Crippen molar-refractivity contribution in [2.24, 2.45) is 0 Å². The van der Waals surface area contributed by atoms with E-state index in [0.717, 1.165) is 10.9 Å². The first kappa shape index (κ1) is 8.62. The Morgan fingerprint density at radius 3 is 2.93 bits per heavy atom. The Hall–Kier alpha value is -1.97. The number of carbonyl (C=O) groups is 1. The van der Waals surface area contributed by atoms with Crippen molar-refractivity contribution in [1.82, 2.24) is 9.88 Å². The summed E-state index contributed by atoms with van der Waals surface area (Å²) in [4.78, 5) is 11.4. The number of nitrogens with zero attached hydrogens (tertiary/aromatic N) is 1. The highest BCUT2D eigenvalue weighted by molar-refractivity contribution is 5.92. The van der Waals surface area contributed by atoms with Crippen LogP contribution in [-0.2, 0) is 0 Å². The molecular formula is C10H11N3O. The Labute approximate surface area is 81.3 Å². The number of hydrogen-bond donors (Lipinski definition) is 2. The number of anilines is 1. The number of nitrogen functional groups attached to an aromatic ring is 1. The second kappa shape index (κ2) is 3.06. The van der Waals surface area contributed by atoms with Crippen molar-refractivity contribution in [2.45, 2.75) is 0 Å². The highest BCUT2D eigenvalue weighted by Crippen LogP contribution is 2.18. The summed E-state index contributed by atoms with van der Waals surface area (Å²) in [7, 11) is 1.60. The predicted molar refractivity (Wildman–Crippen MR) is 56.2 cm³/mol. The first-order chi connectivity index (χ1) is 6.72. The summed E-state index contributed by atoms with van der Waals surface area (Å²) in [5, 5.41) is 3.53. The molecule has 0 spiro atoms. The molecule has 0 radical (unpaired) electrons. The average molecular weight is 189 g/mol. The molecule has 0 saturated heterocycles. The molecule has 1 amide bonds. The van der Waals surface area contributed by atoms with E-state index < -0.39 is 0 Å². The van der Waals surface area contributed by atoms with Crippen LogP contribution in [0.25, 0.3) is 10.9 Å². The summed E-state index contributed by atoms with van der Waals surface area (Å²) in [5.41, 5.74) is 7.19. The van der Waals surface area contributed by atoms with Gasteiger partial charge >= 0.3 is 6.03 Å². The van der Waals surface area contributed by atoms with Gasteiger partial charge in [0, 0.05) is 24.3 Å². The fourth-order valence-corrected chi connectivity index (χ4v) is 1.46. The molecule has 0 aliphatic heterocycles. The van der Waals surface area contributed by atoms with Gasteiger partial charge < -0.3 is 11.1 Å². The highest BCUT2D eigenvalue weighted by atomic mass is 16.2. The van der Waals surface area contributed by atoms with Crippen molar-refractivity contribution >= 4 is 22.6 Å². The Morgan fingerprint density at radius 2 is 2.21 bits per heavy atom. The van der Waals surface area contributed by atoms with Crippen molar-refractivity contribution in [1.29, 1.82) is 0 Å². The zero-order valence-electron chi connectivity index (χ0n) is 7.82. The lowest BCUT2D eigenvalue weighted by atomic mass is 10.2. The third kappa shape index (κ3) is 1.21. The third-order valence-corrected chi connectivity index (χ3v) is 2.15. The fraction of sp³-hybridized carbons (Fsp3) is 0.100. The van der Waals surface area contributed by atoms with E-state index >= 15 is 0 Å². The van der Waals surface area contributed by atoms with Gasteiger partial charge in [0.05, 0.1) is 5.52 Å². The van der Waals surface area contributed by atoms with Gasteiger partial charge in [-0.05, 0) is 24.3 Å². The SMILES string of the molecule is CNC(=O)n1ccc2cc(N)ccc21. The van der Waals surface area contributed by atoms with Crippen molar-refractivity contribution in [2.75, 3.05) is 12.8 Å². The largest absolute Gasteiger partial charge is 0.399 e. The maximum absolute atomic E-state index is 11.4. The molecule has 0 fully saturated rings. The number of fused-ring (bicyclic) bond motifs is 1. The first-order valence-corrected chi connectivity index (χ1v) is 4.31. The molecular weight excluding hydrogens is 178 g/mol. The Balaban J connectivity index is 2.64. The molecule has 0 unspecified atom stereocenters. The topological polar surface area (TPSA) is 60.0 Å². The summed E-state index contributed by atoms with van der Waals surface area (Å²) < 4.78 is 1.55. The van der Waals surface area contributed by atoms with Gasteiger partial charge in [0.2, 0.25) is 0 Å². The molecule has 4 heteroatoms. The summed E-state index contributed by atoms with van der Waals surface area (Å²) in [6, 6.07) is 7.17. The Kier molecular flexibility index (Phi) is 1.89. The van der Waals surface area contributed by atoms with Gasteiger partial charge in [0.15, 0.2) is 0 Å². The molecule has 0 aliphatic carbocycles. The van der Waals surface area contributed by atoms with Gasteiger partial charge in [-0.2, -0.15) is 0 Å². The smallest absolute Gasteiger partial charge is 0.325 e. The summed E-state index contributed by atoms with van der Waals surface area (Å²) >= 11 is 0. The summed E-state index contributed by atoms with van der Waals surface area (Å²) in [6.45, 7) is 0. The van der Waals surface area contributed by atoms with Crippen LogP contribution in [0.5, 0.6) is 0 Å². The lowest BCUT2D eigenvalue weighted by molar-refractivity contribution is 0.245. The highest BCUT2D eigenvalue weighted by Gasteiger charge is 2.05. The van der Waals surface area contributed by atoms with Crippen LogP contribution >= 0.6 is 0 Å². The molecule has 2 aromatic rings. The number of amides is 1. The Morgan fingerprint density at radius 1 is 1.43 bits per heavy atom. The molecule has 4 nitrogen and oxygen atoms in total. The minimum Gasteiger partial charge on any atom is -0.399 e. The van der Waals surface area contributed by atoms with Crippen LogP contribution in [0.3, 0.4) is 0 Å². The molecule has 2 rings (SSSR count). The third-order valence-electron chi connectivity index (χ3n) is 2.15. The van der Waals surface area contributed by atoms with Crippen LogP contribution in [0, 0.1) is 0 Å². The van der Waals surface area contributed by atoms with E-state index in [2.05, 4.69) is 5.32 Å². The maximum Gasteiger partial charge on any atom is 0.325 e. The zero-order chi connectivity index (χ0) is 10.1. The lowest BCUT2D eigenvalue weighted by Crippen LogP contribution is -2.23. The zero-order valence-corrected chi connectivity index (χ0v) is 7.82. The van der Waals surface area contributed by atoms with Gasteiger partial charge in [0.25, 0.3) is 0 Å². The van der Waals surface area contributed by atoms with Crippen molar-refractivity contribution < 1.29 is 4.79 Å². The van der Waals surface area contributed by atoms with E-state index in [9.17, 15) is 4.79 Å². The van der Waals surface area contributed by atoms with Crippen LogP contribution in [0.2, 0.25) is 0 Å². The van der Waals surface area contributed by atoms with Gasteiger partial charge in [0.1, 0.15) is 0 Å². The van der Waals surface area contributed by atoms with E-state index in [1.165, 1.54) is 0 Å². The quantitative estimate of drug-likeness (QED) is 0.615. The molecule has 0 saturated carbocycles. The molecule has 3 N–H and O–H groups in total. The molecule has 1 aromatic carbocycles. The molecule has 1 heterocycles. The van der Waals surface area contributed by atoms with Crippen LogP contribution in [0.4, 0.5) is 10.5 Å². The van der Waals surface area contributed by atoms with Gasteiger partial charge in [-0.25, -0.2) is 4.79 Å². The average Bonchev–Trinajstić information content (AvgIpc) is 2.59. The van der Waals surface area contributed by atoms with Crippen LogP contribution < -0.4 is 11.1 Å². The molecule has 1 aromatic heterocycles. The molecule has 0 bridgehead atoms. The maximum atomic E-state index is 11.4. The number of benzene rings is 1. The molecule has 72 valence electrons. The normalized spacial score (nSPS) is 10.4. The van der Waals surface area contributed by atoms with Crippen molar-refractivity contribution in [3.8, 4) is 0 Å². The molecule has 0 aliphatic rings. The van der Waals surface area contributed by atoms with Gasteiger partial charge in [-0.3, -0.25) is 4.57 Å². The summed E-state index contributed by atoms with van der Waals surface area (Å²) in [6.07, 6.45) is 1.73. The lowest BCUT2D eigenvalue weighted by Gasteiger charge is -2.02. The van der Waals surface area contributed by atoms with E-state index in [-0.39, 0.29) is 6.03 Å². The second-order valence-electron chi connectivity index (χ2n) is 3.06. The number of aromatic nitrogens is 1. The minimum atomic E-state index is -0.148. The van der Waals surface area contributed by atoms with Gasteiger partial charge in [-0.1, -0.05) is 0 Å². The molecule has 0 atom stereocenters. The minimum absolute atomic E-state index is 0.148. The number of carbonyl (C=O) groups excluding carboxylic acids is 1. The number of nitrogens with two attached hydrogens (primary N) is 1. The van der Waals surface area contributed by atoms with Crippen LogP contribution in [0.15, 0.2) is 30.5 Å². The number of nitrogens with one attached hydrogen (secondary N) is 1. The number of hydrogen-bond acceptors (Lipinski definition) is 2. The first-order valence-electron chi connectivity index (χ1n) is 4.31. The van der Waals surface area contributed by atoms with Crippen LogP contribution in [-0.4, -0.2) is 17.6 Å². The van der Waals surface area contributed by atoms with Crippen molar-refractivity contribution in [3.63, 3.8) is 0 Å². The second-order valence-corrected chi connectivity index (χ2v) is 3.06. The van der Waals surface area contributed by atoms with E-state index in [1.807, 2.05) is 18.2 Å². The molecule has 14 heavy (non-hydrogen) atoms. The van der Waals surface area contributed by atoms with Gasteiger partial charge in [-0.15, -0.1) is 0 Å². The Bertz CT molecular complexity index is 487. The number of rotatable bonds is 0. The monoisotopic (exact) mass is 189 g/mol. The van der Waals surface area contributed by atoms with E-state index in [1.54, 1.807) is 23.9 Å². The standard InChI is InChI=1S/C10H11N3O/c1-12-10(14)13-5-4-7-6-8(11)2-3-9(7)13/h2-6H,11H2,1H3,(H,12,14). The predicted octanol–water partition coefficient (Wildman–Crippen LogP) is 1.41. The summed E-state index contributed by atoms with van der Waals surface area (Å²) in [5.74, 6) is 0.